The Labute approximate surface area is 132 Å². The van der Waals surface area contributed by atoms with Gasteiger partial charge in [0.25, 0.3) is 0 Å². The van der Waals surface area contributed by atoms with Gasteiger partial charge in [-0.3, -0.25) is 4.79 Å². The first kappa shape index (κ1) is 18.5. The molecule has 2 heteroatoms. The van der Waals surface area contributed by atoms with Gasteiger partial charge in [0.2, 0.25) is 5.91 Å². The molecule has 0 bridgehead atoms. The number of primary amides is 1. The Morgan fingerprint density at radius 2 is 1.52 bits per heavy atom. The third kappa shape index (κ3) is 3.81. The summed E-state index contributed by atoms with van der Waals surface area (Å²) in [6.45, 7) is 15.7. The van der Waals surface area contributed by atoms with Gasteiger partial charge in [0, 0.05) is 0 Å². The molecule has 0 aromatic rings. The largest absolute Gasteiger partial charge is 0.369 e. The lowest BCUT2D eigenvalue weighted by Crippen LogP contribution is -2.49. The van der Waals surface area contributed by atoms with Crippen molar-refractivity contribution in [2.45, 2.75) is 80.6 Å². The van der Waals surface area contributed by atoms with Gasteiger partial charge in [-0.15, -0.1) is 0 Å². The summed E-state index contributed by atoms with van der Waals surface area (Å²) in [7, 11) is 0. The van der Waals surface area contributed by atoms with Crippen LogP contribution in [0.15, 0.2) is 0 Å². The maximum atomic E-state index is 12.3. The van der Waals surface area contributed by atoms with Crippen LogP contribution >= 0.6 is 0 Å². The predicted molar refractivity (Wildman–Crippen MR) is 90.8 cm³/mol. The molecule has 1 aliphatic carbocycles. The number of nitrogens with two attached hydrogens (primary N) is 1. The minimum absolute atomic E-state index is 0.0975. The van der Waals surface area contributed by atoms with Gasteiger partial charge in [-0.2, -0.15) is 0 Å². The summed E-state index contributed by atoms with van der Waals surface area (Å²) >= 11 is 0. The molecule has 0 aromatic heterocycles. The van der Waals surface area contributed by atoms with Crippen molar-refractivity contribution in [3.8, 4) is 0 Å². The number of rotatable bonds is 6. The van der Waals surface area contributed by atoms with Gasteiger partial charge in [-0.05, 0) is 61.2 Å². The van der Waals surface area contributed by atoms with Crippen LogP contribution in [0, 0.1) is 34.5 Å². The highest BCUT2D eigenvalue weighted by Gasteiger charge is 2.48. The molecule has 1 fully saturated rings. The Balaban J connectivity index is 2.92. The zero-order valence-electron chi connectivity index (χ0n) is 15.3. The van der Waals surface area contributed by atoms with E-state index < -0.39 is 0 Å². The molecular weight excluding hydrogens is 258 g/mol. The molecule has 1 aliphatic rings. The lowest BCUT2D eigenvalue weighted by molar-refractivity contribution is -0.137. The van der Waals surface area contributed by atoms with Gasteiger partial charge in [-0.1, -0.05) is 48.5 Å². The van der Waals surface area contributed by atoms with Gasteiger partial charge in [0.05, 0.1) is 5.41 Å². The van der Waals surface area contributed by atoms with Crippen LogP contribution < -0.4 is 5.73 Å². The molecule has 0 aliphatic heterocycles. The van der Waals surface area contributed by atoms with Crippen molar-refractivity contribution in [3.63, 3.8) is 0 Å². The van der Waals surface area contributed by atoms with E-state index in [9.17, 15) is 4.79 Å². The standard InChI is InChI=1S/C19H37NO/c1-13(2)16-8-10-18(7,11-9-16)12-19(14(3)4,15(5)6)17(20)21/h13-16H,8-12H2,1-7H3,(H2,20,21). The maximum Gasteiger partial charge on any atom is 0.224 e. The number of carbonyl (C=O) groups excluding carboxylic acids is 1. The molecule has 124 valence electrons. The summed E-state index contributed by atoms with van der Waals surface area (Å²) in [5.74, 6) is 2.15. The third-order valence-corrected chi connectivity index (χ3v) is 6.42. The first-order chi connectivity index (χ1) is 9.55. The van der Waals surface area contributed by atoms with Crippen LogP contribution in [-0.2, 0) is 4.79 Å². The predicted octanol–water partition coefficient (Wildman–Crippen LogP) is 5.01. The molecule has 0 heterocycles. The van der Waals surface area contributed by atoms with Gasteiger partial charge >= 0.3 is 0 Å². The average molecular weight is 296 g/mol. The van der Waals surface area contributed by atoms with E-state index in [1.165, 1.54) is 25.7 Å². The van der Waals surface area contributed by atoms with Crippen molar-refractivity contribution in [3.05, 3.63) is 0 Å². The van der Waals surface area contributed by atoms with Gasteiger partial charge in [-0.25, -0.2) is 0 Å². The number of amides is 1. The van der Waals surface area contributed by atoms with Gasteiger partial charge in [0.1, 0.15) is 0 Å². The average Bonchev–Trinajstić information content (AvgIpc) is 2.35. The summed E-state index contributed by atoms with van der Waals surface area (Å²) in [6.07, 6.45) is 6.04. The Bertz CT molecular complexity index is 341. The Hall–Kier alpha value is -0.530. The highest BCUT2D eigenvalue weighted by atomic mass is 16.1. The SMILES string of the molecule is CC(C)C1CCC(C)(CC(C(N)=O)(C(C)C)C(C)C)CC1. The maximum absolute atomic E-state index is 12.3. The minimum Gasteiger partial charge on any atom is -0.369 e. The second kappa shape index (κ2) is 6.71. The molecular formula is C19H37NO. The van der Waals surface area contributed by atoms with E-state index in [-0.39, 0.29) is 16.7 Å². The molecule has 0 atom stereocenters. The fourth-order valence-electron chi connectivity index (χ4n) is 4.62. The van der Waals surface area contributed by atoms with E-state index >= 15 is 0 Å². The highest BCUT2D eigenvalue weighted by Crippen LogP contribution is 2.52. The van der Waals surface area contributed by atoms with Crippen molar-refractivity contribution in [2.75, 3.05) is 0 Å². The van der Waals surface area contributed by atoms with Crippen LogP contribution in [0.3, 0.4) is 0 Å². The normalized spacial score (nSPS) is 27.6. The molecule has 0 spiro atoms. The molecule has 2 nitrogen and oxygen atoms in total. The van der Waals surface area contributed by atoms with Crippen molar-refractivity contribution in [1.82, 2.24) is 0 Å². The molecule has 21 heavy (non-hydrogen) atoms. The molecule has 0 saturated heterocycles. The van der Waals surface area contributed by atoms with E-state index in [4.69, 9.17) is 5.73 Å². The quantitative estimate of drug-likeness (QED) is 0.735. The fraction of sp³-hybridized carbons (Fsp3) is 0.947. The minimum atomic E-state index is -0.362. The van der Waals surface area contributed by atoms with E-state index in [2.05, 4.69) is 48.5 Å². The topological polar surface area (TPSA) is 43.1 Å². The summed E-state index contributed by atoms with van der Waals surface area (Å²) in [4.78, 5) is 12.3. The zero-order chi connectivity index (χ0) is 16.4. The Morgan fingerprint density at radius 3 is 1.81 bits per heavy atom. The van der Waals surface area contributed by atoms with E-state index in [0.717, 1.165) is 18.3 Å². The summed E-state index contributed by atoms with van der Waals surface area (Å²) < 4.78 is 0. The van der Waals surface area contributed by atoms with Crippen LogP contribution in [0.4, 0.5) is 0 Å². The van der Waals surface area contributed by atoms with Crippen molar-refractivity contribution < 1.29 is 4.79 Å². The number of carbonyl (C=O) groups is 1. The van der Waals surface area contributed by atoms with E-state index in [1.54, 1.807) is 0 Å². The van der Waals surface area contributed by atoms with E-state index in [1.807, 2.05) is 0 Å². The summed E-state index contributed by atoms with van der Waals surface area (Å²) in [5, 5.41) is 0. The second-order valence-corrected chi connectivity index (χ2v) is 8.78. The summed E-state index contributed by atoms with van der Waals surface area (Å²) in [5.41, 5.74) is 5.80. The fourth-order valence-corrected chi connectivity index (χ4v) is 4.62. The molecule has 0 radical (unpaired) electrons. The van der Waals surface area contributed by atoms with Crippen molar-refractivity contribution >= 4 is 5.91 Å². The van der Waals surface area contributed by atoms with Crippen LogP contribution in [0.5, 0.6) is 0 Å². The molecule has 1 amide bonds. The molecule has 2 N–H and O–H groups in total. The first-order valence-electron chi connectivity index (χ1n) is 8.85. The number of hydrogen-bond donors (Lipinski definition) is 1. The van der Waals surface area contributed by atoms with Crippen LogP contribution in [0.25, 0.3) is 0 Å². The smallest absolute Gasteiger partial charge is 0.224 e. The lowest BCUT2D eigenvalue weighted by Gasteiger charge is -2.48. The lowest BCUT2D eigenvalue weighted by atomic mass is 9.56. The summed E-state index contributed by atoms with van der Waals surface area (Å²) in [6, 6.07) is 0. The number of hydrogen-bond acceptors (Lipinski definition) is 1. The van der Waals surface area contributed by atoms with Gasteiger partial charge in [0.15, 0.2) is 0 Å². The van der Waals surface area contributed by atoms with Crippen molar-refractivity contribution in [1.29, 1.82) is 0 Å². The monoisotopic (exact) mass is 295 g/mol. The van der Waals surface area contributed by atoms with Crippen LogP contribution in [0.1, 0.15) is 80.6 Å². The molecule has 1 rings (SSSR count). The molecule has 0 unspecified atom stereocenters. The Kier molecular flexibility index (Phi) is 5.91. The third-order valence-electron chi connectivity index (χ3n) is 6.42. The highest BCUT2D eigenvalue weighted by molar-refractivity contribution is 5.81. The Morgan fingerprint density at radius 1 is 1.10 bits per heavy atom. The molecule has 1 saturated carbocycles. The van der Waals surface area contributed by atoms with Crippen molar-refractivity contribution in [2.24, 2.45) is 40.2 Å². The molecule has 0 aromatic carbocycles. The zero-order valence-corrected chi connectivity index (χ0v) is 15.3. The van der Waals surface area contributed by atoms with Gasteiger partial charge < -0.3 is 5.73 Å². The van der Waals surface area contributed by atoms with E-state index in [0.29, 0.717) is 11.8 Å². The van der Waals surface area contributed by atoms with Crippen LogP contribution in [-0.4, -0.2) is 5.91 Å². The first-order valence-corrected chi connectivity index (χ1v) is 8.85. The second-order valence-electron chi connectivity index (χ2n) is 8.78. The van der Waals surface area contributed by atoms with Crippen LogP contribution in [0.2, 0.25) is 0 Å².